The number of nitrogens with zero attached hydrogens (tertiary/aromatic N) is 5. The number of piperazine rings is 1. The third kappa shape index (κ3) is 3.92. The van der Waals surface area contributed by atoms with Gasteiger partial charge in [-0.1, -0.05) is 18.2 Å². The lowest BCUT2D eigenvalue weighted by atomic mass is 10.1. The normalized spacial score (nSPS) is 14.2. The molecule has 1 aromatic carbocycles. The number of carbonyl (C=O) groups excluding carboxylic acids is 2. The molecule has 4 heterocycles. The standard InChI is InChI=1S/C25H25N5O3S/c1-16(2)30-23-19(15-26-30)18(14-20(27-23)22-8-5-13-34-22)25(33)29-11-9-28(10-12-29)24(32)17-6-3-4-7-21(17)31/h3-8,13-16,31H,9-12H2,1-2H3. The first-order valence-electron chi connectivity index (χ1n) is 11.2. The van der Waals surface area contributed by atoms with Gasteiger partial charge in [0.2, 0.25) is 0 Å². The van der Waals surface area contributed by atoms with Crippen LogP contribution in [-0.4, -0.2) is 67.7 Å². The van der Waals surface area contributed by atoms with Crippen LogP contribution in [0.1, 0.15) is 40.6 Å². The molecule has 34 heavy (non-hydrogen) atoms. The first-order chi connectivity index (χ1) is 16.4. The Balaban J connectivity index is 1.42. The molecule has 2 amide bonds. The maximum Gasteiger partial charge on any atom is 0.257 e. The molecule has 0 spiro atoms. The van der Waals surface area contributed by atoms with Gasteiger partial charge in [-0.3, -0.25) is 9.59 Å². The number of benzene rings is 1. The maximum absolute atomic E-state index is 13.6. The van der Waals surface area contributed by atoms with Crippen molar-refractivity contribution in [1.82, 2.24) is 24.6 Å². The summed E-state index contributed by atoms with van der Waals surface area (Å²) in [4.78, 5) is 35.7. The van der Waals surface area contributed by atoms with Crippen molar-refractivity contribution < 1.29 is 14.7 Å². The van der Waals surface area contributed by atoms with Gasteiger partial charge in [-0.2, -0.15) is 5.10 Å². The van der Waals surface area contributed by atoms with Crippen LogP contribution >= 0.6 is 11.3 Å². The number of para-hydroxylation sites is 1. The minimum atomic E-state index is -0.227. The lowest BCUT2D eigenvalue weighted by Crippen LogP contribution is -2.50. The number of hydrogen-bond acceptors (Lipinski definition) is 6. The topological polar surface area (TPSA) is 91.6 Å². The van der Waals surface area contributed by atoms with Gasteiger partial charge in [-0.15, -0.1) is 11.3 Å². The van der Waals surface area contributed by atoms with Gasteiger partial charge in [-0.05, 0) is 43.5 Å². The molecule has 174 valence electrons. The van der Waals surface area contributed by atoms with E-state index >= 15 is 0 Å². The van der Waals surface area contributed by atoms with E-state index in [4.69, 9.17) is 4.98 Å². The van der Waals surface area contributed by atoms with Gasteiger partial charge in [0.05, 0.1) is 33.3 Å². The molecule has 1 saturated heterocycles. The Morgan fingerprint density at radius 3 is 2.26 bits per heavy atom. The monoisotopic (exact) mass is 475 g/mol. The van der Waals surface area contributed by atoms with E-state index < -0.39 is 0 Å². The van der Waals surface area contributed by atoms with Gasteiger partial charge < -0.3 is 14.9 Å². The summed E-state index contributed by atoms with van der Waals surface area (Å²) in [6, 6.07) is 12.4. The third-order valence-corrected chi connectivity index (χ3v) is 6.94. The first-order valence-corrected chi connectivity index (χ1v) is 12.1. The molecule has 0 bridgehead atoms. The lowest BCUT2D eigenvalue weighted by molar-refractivity contribution is 0.0534. The fourth-order valence-corrected chi connectivity index (χ4v) is 4.92. The van der Waals surface area contributed by atoms with Crippen molar-refractivity contribution in [2.24, 2.45) is 0 Å². The average molecular weight is 476 g/mol. The highest BCUT2D eigenvalue weighted by molar-refractivity contribution is 7.13. The number of thiophene rings is 1. The van der Waals surface area contributed by atoms with E-state index in [1.165, 1.54) is 6.07 Å². The number of phenols is 1. The summed E-state index contributed by atoms with van der Waals surface area (Å²) >= 11 is 1.58. The van der Waals surface area contributed by atoms with Gasteiger partial charge in [0.25, 0.3) is 11.8 Å². The Morgan fingerprint density at radius 1 is 0.971 bits per heavy atom. The van der Waals surface area contributed by atoms with Gasteiger partial charge in [-0.25, -0.2) is 9.67 Å². The van der Waals surface area contributed by atoms with Crippen LogP contribution in [0.15, 0.2) is 54.0 Å². The smallest absolute Gasteiger partial charge is 0.257 e. The van der Waals surface area contributed by atoms with E-state index in [2.05, 4.69) is 5.10 Å². The van der Waals surface area contributed by atoms with E-state index in [0.29, 0.717) is 37.4 Å². The second-order valence-electron chi connectivity index (χ2n) is 8.55. The zero-order valence-corrected chi connectivity index (χ0v) is 19.8. The average Bonchev–Trinajstić information content (AvgIpc) is 3.53. The fraction of sp³-hybridized carbons (Fsp3) is 0.280. The fourth-order valence-electron chi connectivity index (χ4n) is 4.23. The highest BCUT2D eigenvalue weighted by Crippen LogP contribution is 2.30. The molecule has 0 saturated carbocycles. The Bertz CT molecular complexity index is 1350. The van der Waals surface area contributed by atoms with Crippen LogP contribution in [-0.2, 0) is 0 Å². The number of aromatic hydroxyl groups is 1. The van der Waals surface area contributed by atoms with Crippen LogP contribution in [0.5, 0.6) is 5.75 Å². The number of carbonyl (C=O) groups is 2. The van der Waals surface area contributed by atoms with E-state index in [0.717, 1.165) is 16.0 Å². The Hall–Kier alpha value is -3.72. The number of pyridine rings is 1. The summed E-state index contributed by atoms with van der Waals surface area (Å²) in [5.41, 5.74) is 2.29. The second kappa shape index (κ2) is 8.90. The Labute approximate surface area is 201 Å². The summed E-state index contributed by atoms with van der Waals surface area (Å²) in [5.74, 6) is -0.355. The largest absolute Gasteiger partial charge is 0.507 e. The summed E-state index contributed by atoms with van der Waals surface area (Å²) < 4.78 is 1.84. The molecule has 0 radical (unpaired) electrons. The molecule has 3 aromatic heterocycles. The molecule has 0 unspecified atom stereocenters. The molecule has 9 heteroatoms. The van der Waals surface area contributed by atoms with Crippen molar-refractivity contribution in [2.45, 2.75) is 19.9 Å². The quantitative estimate of drug-likeness (QED) is 0.481. The molecule has 0 atom stereocenters. The summed E-state index contributed by atoms with van der Waals surface area (Å²) in [6.07, 6.45) is 1.71. The molecular weight excluding hydrogens is 450 g/mol. The van der Waals surface area contributed by atoms with E-state index in [1.807, 2.05) is 42.1 Å². The summed E-state index contributed by atoms with van der Waals surface area (Å²) in [5, 5.41) is 17.2. The van der Waals surface area contributed by atoms with Crippen molar-refractivity contribution in [3.8, 4) is 16.3 Å². The van der Waals surface area contributed by atoms with Crippen molar-refractivity contribution in [3.63, 3.8) is 0 Å². The summed E-state index contributed by atoms with van der Waals surface area (Å²) in [6.45, 7) is 5.69. The molecule has 1 aliphatic heterocycles. The van der Waals surface area contributed by atoms with Gasteiger partial charge in [0, 0.05) is 32.2 Å². The summed E-state index contributed by atoms with van der Waals surface area (Å²) in [7, 11) is 0. The third-order valence-electron chi connectivity index (χ3n) is 6.05. The number of aromatic nitrogens is 3. The van der Waals surface area contributed by atoms with Crippen molar-refractivity contribution >= 4 is 34.2 Å². The van der Waals surface area contributed by atoms with E-state index in [1.54, 1.807) is 45.5 Å². The minimum absolute atomic E-state index is 0.0338. The molecule has 5 rings (SSSR count). The predicted octanol–water partition coefficient (Wildman–Crippen LogP) is 4.04. The van der Waals surface area contributed by atoms with Crippen LogP contribution in [0.2, 0.25) is 0 Å². The van der Waals surface area contributed by atoms with Gasteiger partial charge >= 0.3 is 0 Å². The SMILES string of the molecule is CC(C)n1ncc2c(C(=O)N3CCN(C(=O)c4ccccc4O)CC3)cc(-c3cccs3)nc21. The molecule has 1 N–H and O–H groups in total. The highest BCUT2D eigenvalue weighted by atomic mass is 32.1. The number of amides is 2. The van der Waals surface area contributed by atoms with Crippen LogP contribution in [0, 0.1) is 0 Å². The molecule has 1 aliphatic rings. The Morgan fingerprint density at radius 2 is 1.65 bits per heavy atom. The molecule has 8 nitrogen and oxygen atoms in total. The maximum atomic E-state index is 13.6. The van der Waals surface area contributed by atoms with Crippen LogP contribution in [0.3, 0.4) is 0 Å². The zero-order chi connectivity index (χ0) is 23.8. The molecule has 1 fully saturated rings. The molecule has 4 aromatic rings. The van der Waals surface area contributed by atoms with E-state index in [9.17, 15) is 14.7 Å². The second-order valence-corrected chi connectivity index (χ2v) is 9.50. The van der Waals surface area contributed by atoms with Crippen LogP contribution < -0.4 is 0 Å². The van der Waals surface area contributed by atoms with Crippen molar-refractivity contribution in [2.75, 3.05) is 26.2 Å². The number of phenolic OH excluding ortho intramolecular Hbond substituents is 1. The molecular formula is C25H25N5O3S. The highest BCUT2D eigenvalue weighted by Gasteiger charge is 2.28. The number of hydrogen-bond donors (Lipinski definition) is 1. The number of rotatable bonds is 4. The first kappa shape index (κ1) is 22.1. The van der Waals surface area contributed by atoms with Gasteiger partial charge in [0.15, 0.2) is 5.65 Å². The zero-order valence-electron chi connectivity index (χ0n) is 19.0. The number of fused-ring (bicyclic) bond motifs is 1. The van der Waals surface area contributed by atoms with Gasteiger partial charge in [0.1, 0.15) is 5.75 Å². The van der Waals surface area contributed by atoms with Crippen molar-refractivity contribution in [3.05, 3.63) is 65.2 Å². The Kier molecular flexibility index (Phi) is 5.79. The molecule has 0 aliphatic carbocycles. The van der Waals surface area contributed by atoms with Crippen LogP contribution in [0.25, 0.3) is 21.6 Å². The lowest BCUT2D eigenvalue weighted by Gasteiger charge is -2.35. The predicted molar refractivity (Wildman–Crippen MR) is 131 cm³/mol. The van der Waals surface area contributed by atoms with E-state index in [-0.39, 0.29) is 29.2 Å². The van der Waals surface area contributed by atoms with Crippen LogP contribution in [0.4, 0.5) is 0 Å². The van der Waals surface area contributed by atoms with Crippen molar-refractivity contribution in [1.29, 1.82) is 0 Å². The minimum Gasteiger partial charge on any atom is -0.507 e.